The molecule has 0 aromatic heterocycles. The van der Waals surface area contributed by atoms with Crippen LogP contribution in [0.25, 0.3) is 0 Å². The van der Waals surface area contributed by atoms with E-state index in [0.717, 1.165) is 56.1 Å². The van der Waals surface area contributed by atoms with Crippen LogP contribution >= 0.6 is 0 Å². The van der Waals surface area contributed by atoms with E-state index in [1.54, 1.807) is 0 Å². The first-order valence-corrected chi connectivity index (χ1v) is 10.6. The van der Waals surface area contributed by atoms with E-state index in [2.05, 4.69) is 41.8 Å². The molecule has 0 bridgehead atoms. The Morgan fingerprint density at radius 2 is 1.66 bits per heavy atom. The summed E-state index contributed by atoms with van der Waals surface area (Å²) in [5.74, 6) is 1.83. The van der Waals surface area contributed by atoms with Crippen LogP contribution in [0.4, 0.5) is 5.69 Å². The predicted octanol–water partition coefficient (Wildman–Crippen LogP) is 3.46. The Morgan fingerprint density at radius 1 is 0.931 bits per heavy atom. The van der Waals surface area contributed by atoms with Crippen molar-refractivity contribution in [3.8, 4) is 11.5 Å². The van der Waals surface area contributed by atoms with E-state index >= 15 is 0 Å². The highest BCUT2D eigenvalue weighted by molar-refractivity contribution is 5.91. The van der Waals surface area contributed by atoms with Gasteiger partial charge in [-0.3, -0.25) is 4.79 Å². The zero-order chi connectivity index (χ0) is 20.0. The normalized spacial score (nSPS) is 19.8. The summed E-state index contributed by atoms with van der Waals surface area (Å²) in [7, 11) is 0. The second-order valence-corrected chi connectivity index (χ2v) is 8.44. The third kappa shape index (κ3) is 3.13. The van der Waals surface area contributed by atoms with Gasteiger partial charge in [-0.15, -0.1) is 0 Å². The summed E-state index contributed by atoms with van der Waals surface area (Å²) < 4.78 is 11.4. The summed E-state index contributed by atoms with van der Waals surface area (Å²) in [6.07, 6.45) is 1.84. The molecule has 5 rings (SSSR count). The van der Waals surface area contributed by atoms with Gasteiger partial charge in [0.1, 0.15) is 13.2 Å². The van der Waals surface area contributed by atoms with Gasteiger partial charge in [0.25, 0.3) is 0 Å². The molecule has 5 nitrogen and oxygen atoms in total. The van der Waals surface area contributed by atoms with E-state index in [-0.39, 0.29) is 11.3 Å². The number of piperazine rings is 1. The first kappa shape index (κ1) is 18.3. The third-order valence-electron chi connectivity index (χ3n) is 6.74. The maximum absolute atomic E-state index is 13.5. The number of fused-ring (bicyclic) bond motifs is 1. The topological polar surface area (TPSA) is 42.0 Å². The molecule has 2 heterocycles. The number of benzene rings is 2. The summed E-state index contributed by atoms with van der Waals surface area (Å²) in [4.78, 5) is 17.9. The fraction of sp³-hybridized carbons (Fsp3) is 0.458. The first-order chi connectivity index (χ1) is 14.1. The van der Waals surface area contributed by atoms with Crippen LogP contribution in [0.3, 0.4) is 0 Å². The number of anilines is 1. The highest BCUT2D eigenvalue weighted by Gasteiger charge is 2.53. The van der Waals surface area contributed by atoms with E-state index in [9.17, 15) is 4.79 Å². The van der Waals surface area contributed by atoms with Gasteiger partial charge in [0, 0.05) is 31.9 Å². The number of hydrogen-bond acceptors (Lipinski definition) is 4. The van der Waals surface area contributed by atoms with Gasteiger partial charge in [-0.1, -0.05) is 18.2 Å². The second kappa shape index (κ2) is 6.97. The number of aryl methyl sites for hydroxylation is 1. The van der Waals surface area contributed by atoms with E-state index in [4.69, 9.17) is 9.47 Å². The smallest absolute Gasteiger partial charge is 0.233 e. The monoisotopic (exact) mass is 392 g/mol. The average Bonchev–Trinajstić information content (AvgIpc) is 3.57. The molecule has 1 amide bonds. The summed E-state index contributed by atoms with van der Waals surface area (Å²) in [6.45, 7) is 8.81. The van der Waals surface area contributed by atoms with Crippen molar-refractivity contribution < 1.29 is 14.3 Å². The summed E-state index contributed by atoms with van der Waals surface area (Å²) in [5.41, 5.74) is 4.66. The Hall–Kier alpha value is -2.69. The van der Waals surface area contributed by atoms with E-state index in [1.165, 1.54) is 16.8 Å². The molecule has 1 saturated heterocycles. The highest BCUT2D eigenvalue weighted by Crippen LogP contribution is 2.51. The Morgan fingerprint density at radius 3 is 2.38 bits per heavy atom. The fourth-order valence-corrected chi connectivity index (χ4v) is 4.62. The van der Waals surface area contributed by atoms with Gasteiger partial charge in [-0.25, -0.2) is 0 Å². The van der Waals surface area contributed by atoms with Crippen molar-refractivity contribution in [3.63, 3.8) is 0 Å². The van der Waals surface area contributed by atoms with Crippen LogP contribution in [-0.4, -0.2) is 50.2 Å². The maximum Gasteiger partial charge on any atom is 0.233 e. The van der Waals surface area contributed by atoms with Gasteiger partial charge in [0.15, 0.2) is 11.5 Å². The van der Waals surface area contributed by atoms with Crippen molar-refractivity contribution in [2.45, 2.75) is 32.1 Å². The van der Waals surface area contributed by atoms with E-state index in [0.29, 0.717) is 13.2 Å². The lowest BCUT2D eigenvalue weighted by Crippen LogP contribution is -2.51. The molecule has 3 aliphatic rings. The lowest BCUT2D eigenvalue weighted by Gasteiger charge is -2.38. The Kier molecular flexibility index (Phi) is 4.41. The molecule has 0 N–H and O–H groups in total. The average molecular weight is 392 g/mol. The van der Waals surface area contributed by atoms with Gasteiger partial charge in [-0.2, -0.15) is 0 Å². The molecule has 1 saturated carbocycles. The molecule has 0 spiro atoms. The third-order valence-corrected chi connectivity index (χ3v) is 6.74. The molecule has 1 aliphatic carbocycles. The summed E-state index contributed by atoms with van der Waals surface area (Å²) >= 11 is 0. The van der Waals surface area contributed by atoms with Gasteiger partial charge in [0.05, 0.1) is 5.41 Å². The molecule has 0 atom stereocenters. The van der Waals surface area contributed by atoms with Crippen molar-refractivity contribution in [2.75, 3.05) is 44.3 Å². The molecule has 2 aromatic rings. The van der Waals surface area contributed by atoms with Crippen LogP contribution in [0, 0.1) is 13.8 Å². The number of hydrogen-bond donors (Lipinski definition) is 0. The lowest BCUT2D eigenvalue weighted by atomic mass is 9.93. The number of ether oxygens (including phenoxy) is 2. The number of carbonyl (C=O) groups excluding carboxylic acids is 1. The zero-order valence-corrected chi connectivity index (χ0v) is 17.2. The quantitative estimate of drug-likeness (QED) is 0.802. The van der Waals surface area contributed by atoms with Gasteiger partial charge >= 0.3 is 0 Å². The van der Waals surface area contributed by atoms with Crippen molar-refractivity contribution in [3.05, 3.63) is 53.1 Å². The summed E-state index contributed by atoms with van der Waals surface area (Å²) in [6, 6.07) is 12.5. The lowest BCUT2D eigenvalue weighted by molar-refractivity contribution is -0.134. The number of carbonyl (C=O) groups is 1. The molecule has 152 valence electrons. The fourth-order valence-electron chi connectivity index (χ4n) is 4.62. The van der Waals surface area contributed by atoms with Crippen molar-refractivity contribution in [1.82, 2.24) is 4.90 Å². The van der Waals surface area contributed by atoms with E-state index in [1.807, 2.05) is 18.2 Å². The zero-order valence-electron chi connectivity index (χ0n) is 17.2. The van der Waals surface area contributed by atoms with Crippen molar-refractivity contribution >= 4 is 11.6 Å². The molecule has 2 aromatic carbocycles. The molecule has 2 aliphatic heterocycles. The van der Waals surface area contributed by atoms with Crippen LogP contribution in [0.1, 0.15) is 29.5 Å². The van der Waals surface area contributed by atoms with Crippen LogP contribution in [-0.2, 0) is 10.2 Å². The molecular weight excluding hydrogens is 364 g/mol. The van der Waals surface area contributed by atoms with Crippen molar-refractivity contribution in [1.29, 1.82) is 0 Å². The Balaban J connectivity index is 1.30. The maximum atomic E-state index is 13.5. The highest BCUT2D eigenvalue weighted by atomic mass is 16.6. The van der Waals surface area contributed by atoms with Crippen LogP contribution in [0.2, 0.25) is 0 Å². The molecule has 29 heavy (non-hydrogen) atoms. The SMILES string of the molecule is Cc1cccc(N2CCN(C(=O)C3(c4ccc5c(c4)OCCO5)CC3)CC2)c1C. The number of amides is 1. The van der Waals surface area contributed by atoms with Gasteiger partial charge in [0.2, 0.25) is 5.91 Å². The molecule has 2 fully saturated rings. The number of nitrogens with zero attached hydrogens (tertiary/aromatic N) is 2. The minimum atomic E-state index is -0.364. The Bertz CT molecular complexity index is 943. The molecule has 5 heteroatoms. The second-order valence-electron chi connectivity index (χ2n) is 8.44. The van der Waals surface area contributed by atoms with Gasteiger partial charge in [-0.05, 0) is 61.6 Å². The molecule has 0 unspecified atom stereocenters. The predicted molar refractivity (Wildman–Crippen MR) is 113 cm³/mol. The first-order valence-electron chi connectivity index (χ1n) is 10.6. The van der Waals surface area contributed by atoms with Crippen molar-refractivity contribution in [2.24, 2.45) is 0 Å². The molecular formula is C24H28N2O3. The Labute approximate surface area is 172 Å². The summed E-state index contributed by atoms with van der Waals surface area (Å²) in [5, 5.41) is 0. The minimum absolute atomic E-state index is 0.273. The molecule has 0 radical (unpaired) electrons. The standard InChI is InChI=1S/C24H28N2O3/c1-17-4-3-5-20(18(17)2)25-10-12-26(13-11-25)23(27)24(8-9-24)19-6-7-21-22(16-19)29-15-14-28-21/h3-7,16H,8-15H2,1-2H3. The largest absolute Gasteiger partial charge is 0.486 e. The van der Waals surface area contributed by atoms with Crippen LogP contribution < -0.4 is 14.4 Å². The van der Waals surface area contributed by atoms with Crippen LogP contribution in [0.15, 0.2) is 36.4 Å². The van der Waals surface area contributed by atoms with Crippen LogP contribution in [0.5, 0.6) is 11.5 Å². The van der Waals surface area contributed by atoms with Gasteiger partial charge < -0.3 is 19.3 Å². The number of rotatable bonds is 3. The van der Waals surface area contributed by atoms with E-state index < -0.39 is 0 Å². The minimum Gasteiger partial charge on any atom is -0.486 e.